The van der Waals surface area contributed by atoms with Crippen molar-refractivity contribution in [3.63, 3.8) is 0 Å². The molecule has 14 heteroatoms. The van der Waals surface area contributed by atoms with Gasteiger partial charge < -0.3 is 20.3 Å². The predicted octanol–water partition coefficient (Wildman–Crippen LogP) is 7.50. The summed E-state index contributed by atoms with van der Waals surface area (Å²) in [6, 6.07) is 2.06. The lowest BCUT2D eigenvalue weighted by atomic mass is 9.92. The molecule has 0 amide bonds. The molecule has 2 aliphatic heterocycles. The number of halogens is 7. The monoisotopic (exact) mass is 754 g/mol. The van der Waals surface area contributed by atoms with Gasteiger partial charge in [0.2, 0.25) is 5.95 Å². The molecule has 0 saturated carbocycles. The van der Waals surface area contributed by atoms with Crippen LogP contribution in [-0.2, 0) is 21.4 Å². The number of rotatable bonds is 9. The quantitative estimate of drug-likeness (QED) is 0.0907. The Bertz CT molecular complexity index is 1330. The van der Waals surface area contributed by atoms with Crippen LogP contribution in [0.15, 0.2) is 41.8 Å². The molecular weight excluding hydrogens is 718 g/mol. The average Bonchev–Trinajstić information content (AvgIpc) is 3.43. The maximum atomic E-state index is 14.7. The van der Waals surface area contributed by atoms with E-state index in [1.54, 1.807) is 22.2 Å². The van der Waals surface area contributed by atoms with Crippen molar-refractivity contribution in [1.82, 2.24) is 14.9 Å². The van der Waals surface area contributed by atoms with Crippen LogP contribution in [0, 0.1) is 5.41 Å². The van der Waals surface area contributed by atoms with Gasteiger partial charge in [-0.05, 0) is 88.1 Å². The van der Waals surface area contributed by atoms with Gasteiger partial charge in [-0.1, -0.05) is 29.5 Å². The predicted molar refractivity (Wildman–Crippen MR) is 172 cm³/mol. The van der Waals surface area contributed by atoms with E-state index in [4.69, 9.17) is 27.5 Å². The van der Waals surface area contributed by atoms with E-state index in [1.165, 1.54) is 0 Å². The van der Waals surface area contributed by atoms with E-state index in [2.05, 4.69) is 14.5 Å². The summed E-state index contributed by atoms with van der Waals surface area (Å²) >= 11 is 4.23. The number of hydrogen-bond donors (Lipinski definition) is 2. The molecule has 1 aromatic heterocycles. The summed E-state index contributed by atoms with van der Waals surface area (Å²) in [4.78, 5) is 12.8. The molecule has 44 heavy (non-hydrogen) atoms. The minimum atomic E-state index is -4.82. The Hall–Kier alpha value is -2.39. The van der Waals surface area contributed by atoms with Gasteiger partial charge in [0, 0.05) is 56.5 Å². The number of anilines is 1. The van der Waals surface area contributed by atoms with Crippen molar-refractivity contribution in [3.8, 4) is 0 Å². The second-order valence-electron chi connectivity index (χ2n) is 11.1. The van der Waals surface area contributed by atoms with Crippen LogP contribution in [0.5, 0.6) is 0 Å². The number of hydrogen-bond acceptors (Lipinski definition) is 6. The summed E-state index contributed by atoms with van der Waals surface area (Å²) in [5.41, 5.74) is 4.72. The standard InChI is InChI=1S/C30H37ClF5IN6O/c1-3-24-13-25(18-42(24)27(39)26(31)14-38)43(28-40-15-21(16-41-28)20-6-4-5-8-44-9-7-20)17-19-10-22(29(32,33)34)12-23(11-19)30(35,36)37-2/h10-12,14-16,20,24-25,39H,2-9,13,17-18,38H2,1H3/t20?,24?,25-/m0/s1. The molecule has 0 radical (unpaired) electrons. The first kappa shape index (κ1) is 34.5. The van der Waals surface area contributed by atoms with E-state index >= 15 is 0 Å². The minimum absolute atomic E-state index is 0.0339. The molecule has 0 bridgehead atoms. The van der Waals surface area contributed by atoms with Gasteiger partial charge in [0.1, 0.15) is 5.84 Å². The lowest BCUT2D eigenvalue weighted by Gasteiger charge is -2.30. The zero-order valence-corrected chi connectivity index (χ0v) is 27.3. The smallest absolute Gasteiger partial charge is 0.403 e. The van der Waals surface area contributed by atoms with E-state index in [1.807, 2.05) is 6.92 Å². The Morgan fingerprint density at radius 2 is 1.86 bits per heavy atom. The molecule has 2 aliphatic rings. The Labute approximate surface area is 269 Å². The largest absolute Gasteiger partial charge is 0.416 e. The number of likely N-dealkylation sites (tertiary alicyclic amines) is 1. The van der Waals surface area contributed by atoms with E-state index in [9.17, 15) is 22.0 Å². The third-order valence-electron chi connectivity index (χ3n) is 8.22. The molecule has 2 unspecified atom stereocenters. The maximum Gasteiger partial charge on any atom is 0.416 e. The number of aromatic nitrogens is 2. The zero-order valence-electron chi connectivity index (χ0n) is 24.4. The Morgan fingerprint density at radius 3 is 2.50 bits per heavy atom. The van der Waals surface area contributed by atoms with Gasteiger partial charge in [0.05, 0.1) is 16.6 Å². The summed E-state index contributed by atoms with van der Waals surface area (Å²) in [7, 11) is 0. The van der Waals surface area contributed by atoms with Crippen molar-refractivity contribution in [2.24, 2.45) is 5.73 Å². The van der Waals surface area contributed by atoms with Crippen LogP contribution in [0.25, 0.3) is 0 Å². The lowest BCUT2D eigenvalue weighted by molar-refractivity contribution is -0.137. The molecule has 242 valence electrons. The summed E-state index contributed by atoms with van der Waals surface area (Å²) in [6.45, 7) is 3.49. The van der Waals surface area contributed by atoms with Crippen LogP contribution in [0.1, 0.15) is 73.6 Å². The average molecular weight is 755 g/mol. The Kier molecular flexibility index (Phi) is 11.6. The number of nitrogens with one attached hydrogen (secondary N) is 1. The first-order valence-electron chi connectivity index (χ1n) is 14.5. The number of nitrogens with zero attached hydrogens (tertiary/aromatic N) is 4. The molecule has 0 aliphatic carbocycles. The molecule has 3 N–H and O–H groups in total. The van der Waals surface area contributed by atoms with Crippen molar-refractivity contribution in [1.29, 1.82) is 5.41 Å². The van der Waals surface area contributed by atoms with E-state index in [0.29, 0.717) is 32.1 Å². The first-order chi connectivity index (χ1) is 20.9. The highest BCUT2D eigenvalue weighted by Crippen LogP contribution is 2.42. The molecule has 3 heterocycles. The van der Waals surface area contributed by atoms with Crippen molar-refractivity contribution in [2.75, 3.05) is 24.7 Å². The Balaban J connectivity index is 1.73. The number of alkyl halides is 6. The molecule has 7 nitrogen and oxygen atoms in total. The van der Waals surface area contributed by atoms with Crippen LogP contribution >= 0.6 is 32.3 Å². The van der Waals surface area contributed by atoms with E-state index in [0.717, 1.165) is 56.2 Å². The molecule has 1 aromatic carbocycles. The maximum absolute atomic E-state index is 14.7. The Morgan fingerprint density at radius 1 is 1.16 bits per heavy atom. The van der Waals surface area contributed by atoms with Gasteiger partial charge in [-0.25, -0.2) is 9.97 Å². The molecule has 4 rings (SSSR count). The van der Waals surface area contributed by atoms with Gasteiger partial charge in [-0.15, -0.1) is 0 Å². The fraction of sp³-hybridized carbons (Fsp3) is 0.533. The third kappa shape index (κ3) is 8.25. The number of benzene rings is 1. The minimum Gasteiger partial charge on any atom is -0.403 e. The normalized spacial score (nSPS) is 22.0. The van der Waals surface area contributed by atoms with Crippen molar-refractivity contribution in [2.45, 2.75) is 80.1 Å². The van der Waals surface area contributed by atoms with Crippen molar-refractivity contribution < 1.29 is 26.7 Å². The highest BCUT2D eigenvalue weighted by Gasteiger charge is 2.39. The highest BCUT2D eigenvalue weighted by atomic mass is 127. The third-order valence-corrected chi connectivity index (χ3v) is 10.1. The van der Waals surface area contributed by atoms with Crippen LogP contribution in [-0.4, -0.2) is 57.1 Å². The number of ether oxygens (including phenoxy) is 1. The lowest BCUT2D eigenvalue weighted by Crippen LogP contribution is -2.40. The molecule has 0 spiro atoms. The first-order valence-corrected chi connectivity index (χ1v) is 17.4. The molecular formula is C30H37ClF5IN6O. The van der Waals surface area contributed by atoms with Gasteiger partial charge in [0.25, 0.3) is 0 Å². The number of amidine groups is 1. The SMILES string of the molecule is C=IC(F)(F)c1cc(CN(c2ncc(C3CCCCOCC3)cn2)[C@H]2CC(CC)N(C(=N)C(Cl)=CN)C2)cc(C(F)(F)F)c1. The van der Waals surface area contributed by atoms with Gasteiger partial charge >= 0.3 is 10.1 Å². The van der Waals surface area contributed by atoms with Crippen molar-refractivity contribution in [3.05, 3.63) is 64.1 Å². The van der Waals surface area contributed by atoms with Crippen LogP contribution in [0.3, 0.4) is 0 Å². The number of nitrogens with two attached hydrogens (primary N) is 1. The highest BCUT2D eigenvalue weighted by molar-refractivity contribution is 14.2. The topological polar surface area (TPSA) is 91.4 Å². The van der Waals surface area contributed by atoms with E-state index < -0.39 is 42.0 Å². The van der Waals surface area contributed by atoms with Crippen LogP contribution in [0.4, 0.5) is 27.9 Å². The molecule has 2 saturated heterocycles. The summed E-state index contributed by atoms with van der Waals surface area (Å²) in [5.74, 6) is 0.514. The van der Waals surface area contributed by atoms with Crippen LogP contribution < -0.4 is 10.6 Å². The zero-order chi connectivity index (χ0) is 32.1. The second-order valence-corrected chi connectivity index (χ2v) is 13.6. The fourth-order valence-electron chi connectivity index (χ4n) is 5.83. The van der Waals surface area contributed by atoms with Crippen molar-refractivity contribution >= 4 is 48.6 Å². The summed E-state index contributed by atoms with van der Waals surface area (Å²) < 4.78 is 76.6. The molecule has 3 atom stereocenters. The summed E-state index contributed by atoms with van der Waals surface area (Å²) in [5, 5.41) is 8.62. The van der Waals surface area contributed by atoms with Gasteiger partial charge in [-0.3, -0.25) is 5.41 Å². The second kappa shape index (κ2) is 14.8. The molecule has 2 fully saturated rings. The molecule has 2 aromatic rings. The fourth-order valence-corrected chi connectivity index (χ4v) is 6.69. The van der Waals surface area contributed by atoms with Crippen LogP contribution in [0.2, 0.25) is 0 Å². The van der Waals surface area contributed by atoms with E-state index in [-0.39, 0.29) is 46.9 Å². The summed E-state index contributed by atoms with van der Waals surface area (Å²) in [6.07, 6.45) is 4.77. The van der Waals surface area contributed by atoms with Gasteiger partial charge in [-0.2, -0.15) is 22.0 Å². The van der Waals surface area contributed by atoms with Gasteiger partial charge in [0.15, 0.2) is 0 Å².